The van der Waals surface area contributed by atoms with Crippen molar-refractivity contribution in [3.63, 3.8) is 0 Å². The van der Waals surface area contributed by atoms with Crippen LogP contribution in [0.1, 0.15) is 37.7 Å². The maximum Gasteiger partial charge on any atom is 0.230 e. The van der Waals surface area contributed by atoms with Crippen LogP contribution >= 0.6 is 0 Å². The summed E-state index contributed by atoms with van der Waals surface area (Å²) in [5.74, 6) is -1.53. The molecule has 2 N–H and O–H groups in total. The first-order chi connectivity index (χ1) is 9.60. The highest BCUT2D eigenvalue weighted by molar-refractivity contribution is 5.88. The third kappa shape index (κ3) is 2.82. The van der Waals surface area contributed by atoms with Crippen molar-refractivity contribution in [3.05, 3.63) is 35.4 Å². The smallest absolute Gasteiger partial charge is 0.230 e. The first-order valence-electron chi connectivity index (χ1n) is 6.95. The minimum absolute atomic E-state index is 0.00180. The molecule has 0 heterocycles. The summed E-state index contributed by atoms with van der Waals surface area (Å²) in [6, 6.07) is 3.40. The lowest BCUT2D eigenvalue weighted by molar-refractivity contribution is -0.126. The van der Waals surface area contributed by atoms with Gasteiger partial charge in [-0.15, -0.1) is 0 Å². The molecule has 0 aliphatic heterocycles. The number of hydrogen-bond donors (Lipinski definition) is 2. The zero-order valence-electron chi connectivity index (χ0n) is 11.3. The Balaban J connectivity index is 2.27. The number of benzene rings is 1. The third-order valence-electron chi connectivity index (χ3n) is 3.96. The number of carbonyl (C=O) groups is 1. The van der Waals surface area contributed by atoms with Gasteiger partial charge in [0.15, 0.2) is 0 Å². The van der Waals surface area contributed by atoms with Gasteiger partial charge in [0.1, 0.15) is 11.6 Å². The molecule has 1 fully saturated rings. The number of hydrogen-bond acceptors (Lipinski definition) is 2. The van der Waals surface area contributed by atoms with Crippen LogP contribution in [0.2, 0.25) is 0 Å². The van der Waals surface area contributed by atoms with E-state index in [0.29, 0.717) is 25.8 Å². The van der Waals surface area contributed by atoms with Crippen LogP contribution in [0.4, 0.5) is 8.78 Å². The summed E-state index contributed by atoms with van der Waals surface area (Å²) in [5.41, 5.74) is -0.620. The van der Waals surface area contributed by atoms with Crippen molar-refractivity contribution in [3.8, 4) is 0 Å². The second kappa shape index (κ2) is 6.31. The lowest BCUT2D eigenvalue weighted by atomic mass is 9.77. The predicted octanol–water partition coefficient (Wildman–Crippen LogP) is 2.28. The van der Waals surface area contributed by atoms with Crippen molar-refractivity contribution in [1.29, 1.82) is 0 Å². The minimum atomic E-state index is -0.896. The van der Waals surface area contributed by atoms with E-state index in [1.165, 1.54) is 12.1 Å². The zero-order valence-corrected chi connectivity index (χ0v) is 11.3. The molecule has 1 aliphatic carbocycles. The summed E-state index contributed by atoms with van der Waals surface area (Å²) in [7, 11) is 0. The van der Waals surface area contributed by atoms with Gasteiger partial charge in [0.2, 0.25) is 5.91 Å². The summed E-state index contributed by atoms with van der Waals surface area (Å²) in [6.45, 7) is 0.359. The molecule has 5 heteroatoms. The molecule has 1 aromatic carbocycles. The first-order valence-corrected chi connectivity index (χ1v) is 6.95. The highest BCUT2D eigenvalue weighted by Gasteiger charge is 2.44. The number of rotatable bonds is 5. The van der Waals surface area contributed by atoms with Gasteiger partial charge in [0, 0.05) is 24.8 Å². The molecule has 0 radical (unpaired) electrons. The molecule has 20 heavy (non-hydrogen) atoms. The fourth-order valence-electron chi connectivity index (χ4n) is 2.93. The molecule has 0 aromatic heterocycles. The Morgan fingerprint density at radius 2 is 2.00 bits per heavy atom. The Hall–Kier alpha value is -1.49. The Bertz CT molecular complexity index is 485. The molecular weight excluding hydrogens is 264 g/mol. The predicted molar refractivity (Wildman–Crippen MR) is 71.2 cm³/mol. The molecule has 0 bridgehead atoms. The molecule has 110 valence electrons. The van der Waals surface area contributed by atoms with Crippen LogP contribution in [-0.4, -0.2) is 24.2 Å². The highest BCUT2D eigenvalue weighted by Crippen LogP contribution is 2.42. The summed E-state index contributed by atoms with van der Waals surface area (Å²) >= 11 is 0. The van der Waals surface area contributed by atoms with E-state index in [2.05, 4.69) is 5.32 Å². The van der Waals surface area contributed by atoms with E-state index >= 15 is 0 Å². The number of nitrogens with one attached hydrogen (secondary N) is 1. The van der Waals surface area contributed by atoms with Crippen molar-refractivity contribution >= 4 is 5.91 Å². The SMILES string of the molecule is O=C(NCCCO)C1(c2ccc(F)cc2F)CCCC1. The van der Waals surface area contributed by atoms with Gasteiger partial charge in [0.05, 0.1) is 5.41 Å². The van der Waals surface area contributed by atoms with Crippen molar-refractivity contribution in [1.82, 2.24) is 5.32 Å². The van der Waals surface area contributed by atoms with E-state index in [1.54, 1.807) is 0 Å². The van der Waals surface area contributed by atoms with Crippen LogP contribution in [0.25, 0.3) is 0 Å². The molecule has 0 atom stereocenters. The van der Waals surface area contributed by atoms with Gasteiger partial charge in [-0.05, 0) is 25.3 Å². The maximum atomic E-state index is 14.0. The van der Waals surface area contributed by atoms with Crippen LogP contribution in [-0.2, 0) is 10.2 Å². The lowest BCUT2D eigenvalue weighted by Crippen LogP contribution is -2.43. The van der Waals surface area contributed by atoms with Gasteiger partial charge in [-0.2, -0.15) is 0 Å². The largest absolute Gasteiger partial charge is 0.396 e. The van der Waals surface area contributed by atoms with Gasteiger partial charge < -0.3 is 10.4 Å². The summed E-state index contributed by atoms with van der Waals surface area (Å²) in [6.07, 6.45) is 3.31. The van der Waals surface area contributed by atoms with Crippen molar-refractivity contribution in [2.24, 2.45) is 0 Å². The molecule has 1 aliphatic rings. The quantitative estimate of drug-likeness (QED) is 0.814. The van der Waals surface area contributed by atoms with Crippen LogP contribution < -0.4 is 5.32 Å². The van der Waals surface area contributed by atoms with E-state index in [1.807, 2.05) is 0 Å². The van der Waals surface area contributed by atoms with Crippen LogP contribution in [0.15, 0.2) is 18.2 Å². The van der Waals surface area contributed by atoms with E-state index in [-0.39, 0.29) is 18.1 Å². The standard InChI is InChI=1S/C15H19F2NO2/c16-11-4-5-12(13(17)10-11)15(6-1-2-7-15)14(20)18-8-3-9-19/h4-5,10,19H,1-3,6-9H2,(H,18,20). The van der Waals surface area contributed by atoms with E-state index in [4.69, 9.17) is 5.11 Å². The van der Waals surface area contributed by atoms with Crippen molar-refractivity contribution in [2.75, 3.05) is 13.2 Å². The van der Waals surface area contributed by atoms with E-state index < -0.39 is 17.0 Å². The second-order valence-electron chi connectivity index (χ2n) is 5.25. The molecule has 0 spiro atoms. The average molecular weight is 283 g/mol. The molecule has 0 saturated heterocycles. The maximum absolute atomic E-state index is 14.0. The number of aliphatic hydroxyl groups excluding tert-OH is 1. The fourth-order valence-corrected chi connectivity index (χ4v) is 2.93. The molecule has 1 aromatic rings. The molecule has 1 amide bonds. The van der Waals surface area contributed by atoms with Gasteiger partial charge in [-0.25, -0.2) is 8.78 Å². The van der Waals surface area contributed by atoms with Gasteiger partial charge in [-0.1, -0.05) is 18.9 Å². The normalized spacial score (nSPS) is 17.1. The second-order valence-corrected chi connectivity index (χ2v) is 5.25. The molecular formula is C15H19F2NO2. The van der Waals surface area contributed by atoms with Crippen LogP contribution in [0, 0.1) is 11.6 Å². The summed E-state index contributed by atoms with van der Waals surface area (Å²) < 4.78 is 27.1. The zero-order chi connectivity index (χ0) is 14.6. The minimum Gasteiger partial charge on any atom is -0.396 e. The number of carbonyl (C=O) groups excluding carboxylic acids is 1. The van der Waals surface area contributed by atoms with E-state index in [0.717, 1.165) is 18.9 Å². The Morgan fingerprint density at radius 3 is 2.60 bits per heavy atom. The molecule has 0 unspecified atom stereocenters. The molecule has 3 nitrogen and oxygen atoms in total. The fraction of sp³-hybridized carbons (Fsp3) is 0.533. The van der Waals surface area contributed by atoms with E-state index in [9.17, 15) is 13.6 Å². The Kier molecular flexibility index (Phi) is 4.70. The Labute approximate surface area is 117 Å². The number of aliphatic hydroxyl groups is 1. The average Bonchev–Trinajstić information content (AvgIpc) is 2.89. The van der Waals surface area contributed by atoms with Gasteiger partial charge in [-0.3, -0.25) is 4.79 Å². The number of halogens is 2. The lowest BCUT2D eigenvalue weighted by Gasteiger charge is -2.28. The number of amides is 1. The molecule has 2 rings (SSSR count). The summed E-state index contributed by atoms with van der Waals surface area (Å²) in [5, 5.41) is 11.5. The monoisotopic (exact) mass is 283 g/mol. The topological polar surface area (TPSA) is 49.3 Å². The first kappa shape index (κ1) is 14.9. The Morgan fingerprint density at radius 1 is 1.30 bits per heavy atom. The van der Waals surface area contributed by atoms with Crippen molar-refractivity contribution in [2.45, 2.75) is 37.5 Å². The summed E-state index contributed by atoms with van der Waals surface area (Å²) in [4.78, 5) is 12.4. The molecule has 1 saturated carbocycles. The highest BCUT2D eigenvalue weighted by atomic mass is 19.1. The van der Waals surface area contributed by atoms with Crippen LogP contribution in [0.3, 0.4) is 0 Å². The van der Waals surface area contributed by atoms with Crippen LogP contribution in [0.5, 0.6) is 0 Å². The van der Waals surface area contributed by atoms with Gasteiger partial charge in [0.25, 0.3) is 0 Å². The van der Waals surface area contributed by atoms with Gasteiger partial charge >= 0.3 is 0 Å². The third-order valence-corrected chi connectivity index (χ3v) is 3.96. The van der Waals surface area contributed by atoms with Crippen molar-refractivity contribution < 1.29 is 18.7 Å².